The predicted octanol–water partition coefficient (Wildman–Crippen LogP) is 2.23. The molecule has 21 heavy (non-hydrogen) atoms. The van der Waals surface area contributed by atoms with Crippen LogP contribution in [0.3, 0.4) is 0 Å². The van der Waals surface area contributed by atoms with Gasteiger partial charge in [-0.2, -0.15) is 5.10 Å². The highest BCUT2D eigenvalue weighted by molar-refractivity contribution is 5.82. The van der Waals surface area contributed by atoms with Gasteiger partial charge in [0.25, 0.3) is 5.91 Å². The molecular weight excluding hydrogens is 266 g/mol. The van der Waals surface area contributed by atoms with E-state index in [0.717, 1.165) is 16.7 Å². The van der Waals surface area contributed by atoms with E-state index in [2.05, 4.69) is 15.5 Å². The van der Waals surface area contributed by atoms with Gasteiger partial charge in [0.1, 0.15) is 5.75 Å². The molecule has 0 bridgehead atoms. The van der Waals surface area contributed by atoms with Crippen molar-refractivity contribution in [2.45, 2.75) is 13.8 Å². The Kier molecular flexibility index (Phi) is 5.04. The van der Waals surface area contributed by atoms with Gasteiger partial charge in [-0.25, -0.2) is 5.43 Å². The minimum Gasteiger partial charge on any atom is -0.484 e. The fourth-order valence-electron chi connectivity index (χ4n) is 1.83. The summed E-state index contributed by atoms with van der Waals surface area (Å²) in [5, 5.41) is 3.86. The molecule has 1 amide bonds. The van der Waals surface area contributed by atoms with E-state index in [1.807, 2.05) is 32.0 Å². The monoisotopic (exact) mass is 283 g/mol. The second-order valence-corrected chi connectivity index (χ2v) is 4.69. The molecule has 1 aromatic carbocycles. The van der Waals surface area contributed by atoms with Crippen molar-refractivity contribution in [1.82, 2.24) is 10.4 Å². The van der Waals surface area contributed by atoms with E-state index in [0.29, 0.717) is 5.75 Å². The Hall–Kier alpha value is -2.69. The first-order valence-corrected chi connectivity index (χ1v) is 6.56. The standard InChI is InChI=1S/C16H17N3O2/c1-12-7-13(2)9-15(8-12)21-11-16(20)19-18-10-14-3-5-17-6-4-14/h3-10H,11H2,1-2H3,(H,19,20). The zero-order chi connectivity index (χ0) is 15.1. The van der Waals surface area contributed by atoms with E-state index >= 15 is 0 Å². The molecule has 0 unspecified atom stereocenters. The van der Waals surface area contributed by atoms with Gasteiger partial charge in [-0.1, -0.05) is 6.07 Å². The predicted molar refractivity (Wildman–Crippen MR) is 81.4 cm³/mol. The largest absolute Gasteiger partial charge is 0.484 e. The Labute approximate surface area is 123 Å². The van der Waals surface area contributed by atoms with Crippen molar-refractivity contribution in [2.75, 3.05) is 6.61 Å². The number of hydrazone groups is 1. The van der Waals surface area contributed by atoms with Gasteiger partial charge in [0.2, 0.25) is 0 Å². The van der Waals surface area contributed by atoms with E-state index in [1.54, 1.807) is 30.7 Å². The molecule has 0 atom stereocenters. The zero-order valence-corrected chi connectivity index (χ0v) is 12.0. The van der Waals surface area contributed by atoms with Crippen molar-refractivity contribution in [1.29, 1.82) is 0 Å². The molecule has 0 radical (unpaired) electrons. The Bertz CT molecular complexity index is 619. The highest BCUT2D eigenvalue weighted by Gasteiger charge is 2.02. The highest BCUT2D eigenvalue weighted by atomic mass is 16.5. The Morgan fingerprint density at radius 1 is 1.24 bits per heavy atom. The van der Waals surface area contributed by atoms with E-state index in [1.165, 1.54) is 0 Å². The van der Waals surface area contributed by atoms with Crippen LogP contribution in [0, 0.1) is 13.8 Å². The maximum absolute atomic E-state index is 11.6. The first-order valence-electron chi connectivity index (χ1n) is 6.56. The second-order valence-electron chi connectivity index (χ2n) is 4.69. The molecule has 0 aliphatic heterocycles. The molecule has 0 saturated heterocycles. The molecule has 1 N–H and O–H groups in total. The molecule has 2 aromatic rings. The second kappa shape index (κ2) is 7.19. The SMILES string of the molecule is Cc1cc(C)cc(OCC(=O)NN=Cc2ccncc2)c1. The lowest BCUT2D eigenvalue weighted by atomic mass is 10.1. The highest BCUT2D eigenvalue weighted by Crippen LogP contribution is 2.15. The third-order valence-electron chi connectivity index (χ3n) is 2.67. The summed E-state index contributed by atoms with van der Waals surface area (Å²) in [4.78, 5) is 15.5. The van der Waals surface area contributed by atoms with Crippen LogP contribution in [-0.4, -0.2) is 23.7 Å². The van der Waals surface area contributed by atoms with E-state index in [-0.39, 0.29) is 12.5 Å². The summed E-state index contributed by atoms with van der Waals surface area (Å²) in [5.41, 5.74) is 5.47. The molecule has 0 saturated carbocycles. The van der Waals surface area contributed by atoms with Crippen LogP contribution in [0.25, 0.3) is 0 Å². The van der Waals surface area contributed by atoms with Gasteiger partial charge < -0.3 is 4.74 Å². The van der Waals surface area contributed by atoms with Crippen LogP contribution in [0.2, 0.25) is 0 Å². The summed E-state index contributed by atoms with van der Waals surface area (Å²) in [7, 11) is 0. The summed E-state index contributed by atoms with van der Waals surface area (Å²) in [6.45, 7) is 3.90. The molecular formula is C16H17N3O2. The summed E-state index contributed by atoms with van der Waals surface area (Å²) >= 11 is 0. The summed E-state index contributed by atoms with van der Waals surface area (Å²) in [6.07, 6.45) is 4.87. The summed E-state index contributed by atoms with van der Waals surface area (Å²) < 4.78 is 5.44. The lowest BCUT2D eigenvalue weighted by Gasteiger charge is -2.07. The molecule has 2 rings (SSSR count). The average Bonchev–Trinajstić information content (AvgIpc) is 2.45. The number of hydrogen-bond acceptors (Lipinski definition) is 4. The minimum atomic E-state index is -0.306. The van der Waals surface area contributed by atoms with E-state index < -0.39 is 0 Å². The average molecular weight is 283 g/mol. The first-order chi connectivity index (χ1) is 10.1. The summed E-state index contributed by atoms with van der Waals surface area (Å²) in [6, 6.07) is 9.41. The van der Waals surface area contributed by atoms with Gasteiger partial charge >= 0.3 is 0 Å². The van der Waals surface area contributed by atoms with Crippen molar-refractivity contribution in [3.63, 3.8) is 0 Å². The number of carbonyl (C=O) groups is 1. The lowest BCUT2D eigenvalue weighted by Crippen LogP contribution is -2.24. The van der Waals surface area contributed by atoms with Gasteiger partial charge in [0.05, 0.1) is 6.21 Å². The fraction of sp³-hybridized carbons (Fsp3) is 0.188. The molecule has 0 aliphatic rings. The number of amides is 1. The topological polar surface area (TPSA) is 63.6 Å². The molecule has 0 spiro atoms. The number of aromatic nitrogens is 1. The van der Waals surface area contributed by atoms with Crippen LogP contribution >= 0.6 is 0 Å². The van der Waals surface area contributed by atoms with Gasteiger partial charge in [-0.05, 0) is 54.8 Å². The number of pyridine rings is 1. The fourth-order valence-corrected chi connectivity index (χ4v) is 1.83. The van der Waals surface area contributed by atoms with Crippen molar-refractivity contribution >= 4 is 12.1 Å². The van der Waals surface area contributed by atoms with Crippen LogP contribution in [0.5, 0.6) is 5.75 Å². The van der Waals surface area contributed by atoms with Gasteiger partial charge in [-0.3, -0.25) is 9.78 Å². The number of hydrogen-bond donors (Lipinski definition) is 1. The van der Waals surface area contributed by atoms with Crippen molar-refractivity contribution < 1.29 is 9.53 Å². The van der Waals surface area contributed by atoms with Crippen molar-refractivity contribution in [3.8, 4) is 5.75 Å². The van der Waals surface area contributed by atoms with Gasteiger partial charge in [-0.15, -0.1) is 0 Å². The molecule has 1 aromatic heterocycles. The van der Waals surface area contributed by atoms with Crippen LogP contribution in [0.1, 0.15) is 16.7 Å². The maximum Gasteiger partial charge on any atom is 0.277 e. The Balaban J connectivity index is 1.81. The van der Waals surface area contributed by atoms with Crippen LogP contribution in [0.15, 0.2) is 47.8 Å². The number of benzene rings is 1. The number of carbonyl (C=O) groups excluding carboxylic acids is 1. The van der Waals surface area contributed by atoms with E-state index in [4.69, 9.17) is 4.74 Å². The number of aryl methyl sites for hydroxylation is 2. The normalized spacial score (nSPS) is 10.6. The van der Waals surface area contributed by atoms with Gasteiger partial charge in [0.15, 0.2) is 6.61 Å². The third kappa shape index (κ3) is 5.06. The van der Waals surface area contributed by atoms with E-state index in [9.17, 15) is 4.79 Å². The molecule has 108 valence electrons. The molecule has 0 fully saturated rings. The van der Waals surface area contributed by atoms with Gasteiger partial charge in [0, 0.05) is 12.4 Å². The van der Waals surface area contributed by atoms with Crippen LogP contribution in [0.4, 0.5) is 0 Å². The van der Waals surface area contributed by atoms with Crippen molar-refractivity contribution in [2.24, 2.45) is 5.10 Å². The first kappa shape index (κ1) is 14.7. The quantitative estimate of drug-likeness (QED) is 0.676. The number of ether oxygens (including phenoxy) is 1. The molecule has 5 heteroatoms. The smallest absolute Gasteiger partial charge is 0.277 e. The minimum absolute atomic E-state index is 0.0728. The lowest BCUT2D eigenvalue weighted by molar-refractivity contribution is -0.123. The van der Waals surface area contributed by atoms with Crippen molar-refractivity contribution in [3.05, 3.63) is 59.4 Å². The zero-order valence-electron chi connectivity index (χ0n) is 12.0. The maximum atomic E-state index is 11.6. The summed E-state index contributed by atoms with van der Waals surface area (Å²) in [5.74, 6) is 0.375. The third-order valence-corrected chi connectivity index (χ3v) is 2.67. The number of nitrogens with one attached hydrogen (secondary N) is 1. The van der Waals surface area contributed by atoms with Crippen LogP contribution in [-0.2, 0) is 4.79 Å². The Morgan fingerprint density at radius 2 is 1.90 bits per heavy atom. The number of rotatable bonds is 5. The molecule has 0 aliphatic carbocycles. The molecule has 5 nitrogen and oxygen atoms in total. The van der Waals surface area contributed by atoms with Crippen LogP contribution < -0.4 is 10.2 Å². The number of nitrogens with zero attached hydrogens (tertiary/aromatic N) is 2. The molecule has 1 heterocycles. The Morgan fingerprint density at radius 3 is 2.57 bits per heavy atom.